The molecule has 2 amide bonds. The topological polar surface area (TPSA) is 70.4 Å². The number of aromatic nitrogens is 2. The lowest BCUT2D eigenvalue weighted by atomic mass is 9.85. The van der Waals surface area contributed by atoms with Gasteiger partial charge in [-0.15, -0.1) is 0 Å². The summed E-state index contributed by atoms with van der Waals surface area (Å²) in [4.78, 5) is 18.8. The van der Waals surface area contributed by atoms with Crippen molar-refractivity contribution >= 4 is 11.7 Å². The molecule has 132 valence electrons. The number of amides is 2. The average Bonchev–Trinajstić information content (AvgIpc) is 3.12. The normalized spacial score (nSPS) is 28.2. The Labute approximate surface area is 145 Å². The maximum Gasteiger partial charge on any atom is 0.322 e. The molecule has 2 fully saturated rings. The van der Waals surface area contributed by atoms with Crippen LogP contribution in [-0.2, 0) is 12.6 Å². The van der Waals surface area contributed by atoms with Crippen molar-refractivity contribution in [2.45, 2.75) is 43.4 Å². The first kappa shape index (κ1) is 16.1. The molecule has 0 radical (unpaired) electrons. The van der Waals surface area contributed by atoms with E-state index < -0.39 is 11.4 Å². The zero-order chi connectivity index (χ0) is 17.6. The predicted octanol–water partition coefficient (Wildman–Crippen LogP) is 2.61. The van der Waals surface area contributed by atoms with Gasteiger partial charge in [0.1, 0.15) is 17.2 Å². The van der Waals surface area contributed by atoms with Crippen LogP contribution in [0.3, 0.4) is 0 Å². The van der Waals surface area contributed by atoms with Gasteiger partial charge in [0.05, 0.1) is 5.69 Å². The van der Waals surface area contributed by atoms with Crippen molar-refractivity contribution in [2.75, 3.05) is 5.32 Å². The molecular weight excluding hydrogens is 323 g/mol. The van der Waals surface area contributed by atoms with E-state index in [1.807, 2.05) is 17.8 Å². The van der Waals surface area contributed by atoms with Gasteiger partial charge in [-0.2, -0.15) is 0 Å². The van der Waals surface area contributed by atoms with E-state index in [-0.39, 0.29) is 23.8 Å². The average molecular weight is 344 g/mol. The Balaban J connectivity index is 1.54. The number of aliphatic hydroxyl groups is 1. The molecular formula is C18H21FN4O2. The minimum Gasteiger partial charge on any atom is -0.382 e. The maximum atomic E-state index is 13.8. The number of hydrogen-bond acceptors (Lipinski definition) is 3. The van der Waals surface area contributed by atoms with Crippen LogP contribution in [0.1, 0.15) is 31.5 Å². The molecule has 2 aliphatic heterocycles. The van der Waals surface area contributed by atoms with Crippen LogP contribution in [0.15, 0.2) is 36.7 Å². The fourth-order valence-electron chi connectivity index (χ4n) is 4.30. The van der Waals surface area contributed by atoms with Gasteiger partial charge in [0, 0.05) is 44.4 Å². The molecule has 0 spiro atoms. The van der Waals surface area contributed by atoms with Crippen molar-refractivity contribution in [3.8, 4) is 0 Å². The molecule has 7 heteroatoms. The van der Waals surface area contributed by atoms with Crippen molar-refractivity contribution in [3.63, 3.8) is 0 Å². The summed E-state index contributed by atoms with van der Waals surface area (Å²) in [6.07, 6.45) is 6.04. The third-order valence-corrected chi connectivity index (χ3v) is 5.35. The Kier molecular flexibility index (Phi) is 3.76. The highest BCUT2D eigenvalue weighted by atomic mass is 19.1. The highest BCUT2D eigenvalue weighted by Crippen LogP contribution is 2.45. The smallest absolute Gasteiger partial charge is 0.322 e. The van der Waals surface area contributed by atoms with Gasteiger partial charge >= 0.3 is 6.03 Å². The van der Waals surface area contributed by atoms with E-state index in [2.05, 4.69) is 10.3 Å². The van der Waals surface area contributed by atoms with Crippen molar-refractivity contribution in [1.82, 2.24) is 14.5 Å². The minimum atomic E-state index is -1.03. The van der Waals surface area contributed by atoms with Crippen LogP contribution in [0, 0.1) is 5.82 Å². The molecule has 4 rings (SSSR count). The number of urea groups is 1. The number of carbonyl (C=O) groups is 1. The second kappa shape index (κ2) is 5.84. The predicted molar refractivity (Wildman–Crippen MR) is 90.4 cm³/mol. The second-order valence-electron chi connectivity index (χ2n) is 7.00. The number of aryl methyl sites for hydroxylation is 1. The molecule has 2 saturated heterocycles. The zero-order valence-electron chi connectivity index (χ0n) is 14.0. The summed E-state index contributed by atoms with van der Waals surface area (Å²) in [5, 5.41) is 13.8. The number of benzene rings is 1. The van der Waals surface area contributed by atoms with E-state index in [0.717, 1.165) is 12.8 Å². The first-order valence-corrected chi connectivity index (χ1v) is 8.52. The number of fused-ring (bicyclic) bond motifs is 2. The van der Waals surface area contributed by atoms with Crippen molar-refractivity contribution < 1.29 is 14.3 Å². The van der Waals surface area contributed by atoms with Gasteiger partial charge in [0.15, 0.2) is 0 Å². The minimum absolute atomic E-state index is 0.0766. The van der Waals surface area contributed by atoms with Crippen molar-refractivity contribution in [3.05, 3.63) is 48.3 Å². The number of hydrogen-bond donors (Lipinski definition) is 2. The summed E-state index contributed by atoms with van der Waals surface area (Å²) in [6, 6.07) is 5.68. The number of halogens is 1. The molecule has 2 aliphatic rings. The Morgan fingerprint density at radius 1 is 1.32 bits per heavy atom. The van der Waals surface area contributed by atoms with Gasteiger partial charge in [-0.1, -0.05) is 12.1 Å². The molecule has 2 N–H and O–H groups in total. The van der Waals surface area contributed by atoms with Crippen LogP contribution in [0.25, 0.3) is 0 Å². The van der Waals surface area contributed by atoms with Crippen LogP contribution in [0.2, 0.25) is 0 Å². The SMILES string of the molecule is Cn1ccnc1C1(O)C[C@H]2CC[C@@H](C1)N2C(=O)Nc1ccccc1F. The number of rotatable bonds is 2. The number of anilines is 1. The highest BCUT2D eigenvalue weighted by molar-refractivity contribution is 5.90. The van der Waals surface area contributed by atoms with E-state index >= 15 is 0 Å². The van der Waals surface area contributed by atoms with Crippen LogP contribution in [0.4, 0.5) is 14.9 Å². The van der Waals surface area contributed by atoms with Gasteiger partial charge in [0.2, 0.25) is 0 Å². The molecule has 2 bridgehead atoms. The number of nitrogens with zero attached hydrogens (tertiary/aromatic N) is 3. The van der Waals surface area contributed by atoms with Gasteiger partial charge in [0.25, 0.3) is 0 Å². The fourth-order valence-corrected chi connectivity index (χ4v) is 4.30. The standard InChI is InChI=1S/C18H21FN4O2/c1-22-9-8-20-16(22)18(25)10-12-6-7-13(11-18)23(12)17(24)21-15-5-3-2-4-14(15)19/h2-5,8-9,12-13,25H,6-7,10-11H2,1H3,(H,21,24)/t12-,13+,18?. The first-order chi connectivity index (χ1) is 12.0. The number of carbonyl (C=O) groups excluding carboxylic acids is 1. The molecule has 6 nitrogen and oxygen atoms in total. The van der Waals surface area contributed by atoms with E-state index in [0.29, 0.717) is 18.7 Å². The number of imidazole rings is 1. The van der Waals surface area contributed by atoms with Gasteiger partial charge < -0.3 is 19.9 Å². The molecule has 3 atom stereocenters. The Morgan fingerprint density at radius 2 is 2.00 bits per heavy atom. The van der Waals surface area contributed by atoms with E-state index in [1.54, 1.807) is 29.3 Å². The summed E-state index contributed by atoms with van der Waals surface area (Å²) >= 11 is 0. The monoisotopic (exact) mass is 344 g/mol. The number of nitrogens with one attached hydrogen (secondary N) is 1. The van der Waals surface area contributed by atoms with E-state index in [9.17, 15) is 14.3 Å². The summed E-state index contributed by atoms with van der Waals surface area (Å²) in [6.45, 7) is 0. The second-order valence-corrected chi connectivity index (χ2v) is 7.00. The summed E-state index contributed by atoms with van der Waals surface area (Å²) in [5.41, 5.74) is -0.851. The van der Waals surface area contributed by atoms with Gasteiger partial charge in [-0.3, -0.25) is 0 Å². The van der Waals surface area contributed by atoms with Crippen molar-refractivity contribution in [2.24, 2.45) is 7.05 Å². The zero-order valence-corrected chi connectivity index (χ0v) is 14.0. The van der Waals surface area contributed by atoms with Gasteiger partial charge in [-0.25, -0.2) is 14.2 Å². The number of para-hydroxylation sites is 1. The summed E-state index contributed by atoms with van der Waals surface area (Å²) in [5.74, 6) is 0.184. The molecule has 1 aromatic carbocycles. The Morgan fingerprint density at radius 3 is 2.60 bits per heavy atom. The fraction of sp³-hybridized carbons (Fsp3) is 0.444. The van der Waals surface area contributed by atoms with Crippen molar-refractivity contribution in [1.29, 1.82) is 0 Å². The lowest BCUT2D eigenvalue weighted by Crippen LogP contribution is -2.53. The Hall–Kier alpha value is -2.41. The molecule has 0 saturated carbocycles. The molecule has 1 unspecified atom stereocenters. The van der Waals surface area contributed by atoms with Crippen LogP contribution < -0.4 is 5.32 Å². The molecule has 1 aromatic heterocycles. The lowest BCUT2D eigenvalue weighted by molar-refractivity contribution is -0.0505. The van der Waals surface area contributed by atoms with E-state index in [1.165, 1.54) is 6.07 Å². The lowest BCUT2D eigenvalue weighted by Gasteiger charge is -2.43. The number of piperidine rings is 1. The molecule has 25 heavy (non-hydrogen) atoms. The first-order valence-electron chi connectivity index (χ1n) is 8.52. The summed E-state index contributed by atoms with van der Waals surface area (Å²) < 4.78 is 15.6. The molecule has 3 heterocycles. The van der Waals surface area contributed by atoms with Crippen LogP contribution in [0.5, 0.6) is 0 Å². The third-order valence-electron chi connectivity index (χ3n) is 5.35. The third kappa shape index (κ3) is 2.68. The van der Waals surface area contributed by atoms with Crippen LogP contribution in [-0.4, -0.2) is 37.7 Å². The molecule has 0 aliphatic carbocycles. The van der Waals surface area contributed by atoms with Gasteiger partial charge in [-0.05, 0) is 25.0 Å². The van der Waals surface area contributed by atoms with Crippen LogP contribution >= 0.6 is 0 Å². The quantitative estimate of drug-likeness (QED) is 0.880. The Bertz CT molecular complexity index is 792. The maximum absolute atomic E-state index is 13.8. The van der Waals surface area contributed by atoms with E-state index in [4.69, 9.17) is 0 Å². The highest BCUT2D eigenvalue weighted by Gasteiger charge is 2.51. The largest absolute Gasteiger partial charge is 0.382 e. The summed E-state index contributed by atoms with van der Waals surface area (Å²) in [7, 11) is 1.86. The molecule has 2 aromatic rings.